The minimum Gasteiger partial charge on any atom is -0.384 e. The van der Waals surface area contributed by atoms with Gasteiger partial charge in [-0.25, -0.2) is 4.98 Å². The average Bonchev–Trinajstić information content (AvgIpc) is 2.75. The molecular formula is C12H18N4O. The highest BCUT2D eigenvalue weighted by Crippen LogP contribution is 2.24. The number of aryl methyl sites for hydroxylation is 2. The minimum atomic E-state index is 0.0621. The third-order valence-electron chi connectivity index (χ3n) is 2.94. The Morgan fingerprint density at radius 2 is 2.41 bits per heavy atom. The molecule has 5 nitrogen and oxygen atoms in total. The van der Waals surface area contributed by atoms with Crippen LogP contribution in [-0.4, -0.2) is 31.1 Å². The number of nitrogens with zero attached hydrogens (tertiary/aromatic N) is 1. The normalized spacial score (nSPS) is 13.5. The molecule has 0 amide bonds. The second kappa shape index (κ2) is 5.14. The van der Waals surface area contributed by atoms with Crippen LogP contribution in [0.25, 0.3) is 0 Å². The Morgan fingerprint density at radius 3 is 3.12 bits per heavy atom. The molecule has 0 radical (unpaired) electrons. The van der Waals surface area contributed by atoms with E-state index in [-0.39, 0.29) is 5.84 Å². The number of amidine groups is 1. The molecule has 0 unspecified atom stereocenters. The summed E-state index contributed by atoms with van der Waals surface area (Å²) in [5.74, 6) is 0.766. The van der Waals surface area contributed by atoms with Gasteiger partial charge in [-0.2, -0.15) is 0 Å². The van der Waals surface area contributed by atoms with Crippen LogP contribution < -0.4 is 11.1 Å². The van der Waals surface area contributed by atoms with Gasteiger partial charge in [-0.05, 0) is 30.9 Å². The molecule has 0 fully saturated rings. The number of nitrogens with one attached hydrogen (secondary N) is 2. The molecule has 0 bridgehead atoms. The summed E-state index contributed by atoms with van der Waals surface area (Å²) in [6, 6.07) is 1.99. The molecule has 1 aliphatic rings. The topological polar surface area (TPSA) is 84.0 Å². The molecule has 5 heteroatoms. The van der Waals surface area contributed by atoms with Crippen molar-refractivity contribution in [2.45, 2.75) is 19.3 Å². The Morgan fingerprint density at radius 1 is 1.59 bits per heavy atom. The van der Waals surface area contributed by atoms with Gasteiger partial charge >= 0.3 is 0 Å². The second-order valence-corrected chi connectivity index (χ2v) is 4.18. The zero-order valence-electron chi connectivity index (χ0n) is 10.0. The Hall–Kier alpha value is -1.62. The summed E-state index contributed by atoms with van der Waals surface area (Å²) < 4.78 is 4.98. The van der Waals surface area contributed by atoms with Crippen molar-refractivity contribution >= 4 is 11.7 Å². The fourth-order valence-electron chi connectivity index (χ4n) is 2.08. The monoisotopic (exact) mass is 234 g/mol. The number of nitrogen functional groups attached to an aromatic ring is 1. The van der Waals surface area contributed by atoms with E-state index in [9.17, 15) is 0 Å². The molecule has 2 rings (SSSR count). The van der Waals surface area contributed by atoms with Gasteiger partial charge in [0, 0.05) is 19.3 Å². The number of pyridine rings is 1. The summed E-state index contributed by atoms with van der Waals surface area (Å²) >= 11 is 0. The van der Waals surface area contributed by atoms with Gasteiger partial charge in [0.2, 0.25) is 0 Å². The predicted octanol–water partition coefficient (Wildman–Crippen LogP) is 0.913. The lowest BCUT2D eigenvalue weighted by atomic mass is 10.1. The van der Waals surface area contributed by atoms with E-state index in [2.05, 4.69) is 10.3 Å². The summed E-state index contributed by atoms with van der Waals surface area (Å²) in [7, 11) is 1.66. The van der Waals surface area contributed by atoms with Gasteiger partial charge in [0.15, 0.2) is 0 Å². The average molecular weight is 234 g/mol. The smallest absolute Gasteiger partial charge is 0.137 e. The van der Waals surface area contributed by atoms with Crippen LogP contribution in [0.2, 0.25) is 0 Å². The molecule has 4 N–H and O–H groups in total. The maximum Gasteiger partial charge on any atom is 0.137 e. The number of hydrogen-bond donors (Lipinski definition) is 3. The van der Waals surface area contributed by atoms with E-state index in [4.69, 9.17) is 15.9 Å². The van der Waals surface area contributed by atoms with Crippen molar-refractivity contribution in [2.75, 3.05) is 25.6 Å². The molecule has 0 atom stereocenters. The van der Waals surface area contributed by atoms with Crippen LogP contribution in [0.1, 0.15) is 23.2 Å². The highest BCUT2D eigenvalue weighted by molar-refractivity contribution is 5.99. The number of rotatable bonds is 5. The van der Waals surface area contributed by atoms with Crippen LogP contribution in [0.15, 0.2) is 6.07 Å². The third kappa shape index (κ3) is 2.55. The van der Waals surface area contributed by atoms with E-state index in [0.29, 0.717) is 24.5 Å². The first-order valence-electron chi connectivity index (χ1n) is 5.82. The molecule has 1 aliphatic carbocycles. The van der Waals surface area contributed by atoms with E-state index in [1.807, 2.05) is 6.07 Å². The molecular weight excluding hydrogens is 216 g/mol. The largest absolute Gasteiger partial charge is 0.384 e. The maximum atomic E-state index is 7.59. The van der Waals surface area contributed by atoms with Gasteiger partial charge in [-0.3, -0.25) is 5.41 Å². The predicted molar refractivity (Wildman–Crippen MR) is 67.6 cm³/mol. The zero-order valence-corrected chi connectivity index (χ0v) is 10.0. The van der Waals surface area contributed by atoms with Crippen LogP contribution >= 0.6 is 0 Å². The first kappa shape index (κ1) is 11.9. The van der Waals surface area contributed by atoms with Gasteiger partial charge in [-0.1, -0.05) is 0 Å². The number of nitrogens with two attached hydrogens (primary N) is 1. The first-order valence-corrected chi connectivity index (χ1v) is 5.82. The molecule has 0 saturated heterocycles. The number of ether oxygens (including phenoxy) is 1. The molecule has 0 saturated carbocycles. The van der Waals surface area contributed by atoms with Crippen LogP contribution in [0, 0.1) is 5.41 Å². The number of anilines is 1. The van der Waals surface area contributed by atoms with E-state index < -0.39 is 0 Å². The lowest BCUT2D eigenvalue weighted by Crippen LogP contribution is -2.18. The van der Waals surface area contributed by atoms with Crippen LogP contribution in [-0.2, 0) is 17.6 Å². The molecule has 0 aliphatic heterocycles. The maximum absolute atomic E-state index is 7.59. The molecule has 0 aromatic carbocycles. The molecule has 1 aromatic heterocycles. The fraction of sp³-hybridized carbons (Fsp3) is 0.500. The molecule has 17 heavy (non-hydrogen) atoms. The van der Waals surface area contributed by atoms with E-state index in [0.717, 1.165) is 25.0 Å². The summed E-state index contributed by atoms with van der Waals surface area (Å²) in [5, 5.41) is 10.8. The van der Waals surface area contributed by atoms with Crippen molar-refractivity contribution in [3.8, 4) is 0 Å². The summed E-state index contributed by atoms with van der Waals surface area (Å²) in [6.45, 7) is 1.28. The van der Waals surface area contributed by atoms with Crippen molar-refractivity contribution in [3.05, 3.63) is 22.9 Å². The van der Waals surface area contributed by atoms with E-state index >= 15 is 0 Å². The molecule has 92 valence electrons. The molecule has 0 spiro atoms. The Balaban J connectivity index is 2.25. The van der Waals surface area contributed by atoms with Gasteiger partial charge in [-0.15, -0.1) is 0 Å². The van der Waals surface area contributed by atoms with Crippen LogP contribution in [0.3, 0.4) is 0 Å². The Labute approximate surface area is 101 Å². The summed E-state index contributed by atoms with van der Waals surface area (Å²) in [4.78, 5) is 4.56. The Bertz CT molecular complexity index is 431. The van der Waals surface area contributed by atoms with Gasteiger partial charge in [0.1, 0.15) is 11.7 Å². The highest BCUT2D eigenvalue weighted by atomic mass is 16.5. The van der Waals surface area contributed by atoms with Crippen molar-refractivity contribution in [1.29, 1.82) is 5.41 Å². The van der Waals surface area contributed by atoms with Crippen molar-refractivity contribution in [1.82, 2.24) is 4.98 Å². The van der Waals surface area contributed by atoms with Gasteiger partial charge < -0.3 is 15.8 Å². The number of methoxy groups -OCH3 is 1. The number of aromatic nitrogens is 1. The van der Waals surface area contributed by atoms with Crippen LogP contribution in [0.5, 0.6) is 0 Å². The van der Waals surface area contributed by atoms with Gasteiger partial charge in [0.05, 0.1) is 12.2 Å². The number of hydrogen-bond acceptors (Lipinski definition) is 4. The Kier molecular flexibility index (Phi) is 3.58. The van der Waals surface area contributed by atoms with Crippen LogP contribution in [0.4, 0.5) is 5.82 Å². The third-order valence-corrected chi connectivity index (χ3v) is 2.94. The van der Waals surface area contributed by atoms with Crippen molar-refractivity contribution in [3.63, 3.8) is 0 Å². The second-order valence-electron chi connectivity index (χ2n) is 4.18. The fourth-order valence-corrected chi connectivity index (χ4v) is 2.08. The summed E-state index contributed by atoms with van der Waals surface area (Å²) in [6.07, 6.45) is 3.20. The molecule has 1 heterocycles. The van der Waals surface area contributed by atoms with Gasteiger partial charge in [0.25, 0.3) is 0 Å². The quantitative estimate of drug-likeness (QED) is 0.402. The van der Waals surface area contributed by atoms with E-state index in [1.54, 1.807) is 7.11 Å². The van der Waals surface area contributed by atoms with Crippen molar-refractivity contribution in [2.24, 2.45) is 5.73 Å². The SMILES string of the molecule is COCCNc1nc2c(cc1C(=N)N)CCC2. The minimum absolute atomic E-state index is 0.0621. The standard InChI is InChI=1S/C12H18N4O/c1-17-6-5-15-12-9(11(13)14)7-8-3-2-4-10(8)16-12/h7H,2-6H2,1H3,(H3,13,14)(H,15,16). The summed E-state index contributed by atoms with van der Waals surface area (Å²) in [5.41, 5.74) is 8.64. The van der Waals surface area contributed by atoms with Crippen molar-refractivity contribution < 1.29 is 4.74 Å². The highest BCUT2D eigenvalue weighted by Gasteiger charge is 2.17. The first-order chi connectivity index (χ1) is 8.22. The molecule has 1 aromatic rings. The lowest BCUT2D eigenvalue weighted by molar-refractivity contribution is 0.210. The van der Waals surface area contributed by atoms with E-state index in [1.165, 1.54) is 5.56 Å². The zero-order chi connectivity index (χ0) is 12.3. The lowest BCUT2D eigenvalue weighted by Gasteiger charge is -2.12. The number of fused-ring (bicyclic) bond motifs is 1.